The summed E-state index contributed by atoms with van der Waals surface area (Å²) in [5.41, 5.74) is 2.20. The number of nitrogens with one attached hydrogen (secondary N) is 1. The van der Waals surface area contributed by atoms with Crippen molar-refractivity contribution < 1.29 is 18.0 Å². The Bertz CT molecular complexity index is 916. The van der Waals surface area contributed by atoms with Gasteiger partial charge in [-0.25, -0.2) is 0 Å². The van der Waals surface area contributed by atoms with Gasteiger partial charge in [-0.2, -0.15) is 13.2 Å². The minimum atomic E-state index is -4.35. The Morgan fingerprint density at radius 3 is 2.45 bits per heavy atom. The lowest BCUT2D eigenvalue weighted by atomic mass is 9.95. The maximum Gasteiger partial charge on any atom is 0.416 e. The summed E-state index contributed by atoms with van der Waals surface area (Å²) in [5, 5.41) is 3.51. The summed E-state index contributed by atoms with van der Waals surface area (Å²) in [6, 6.07) is 6.97. The number of alkyl halides is 3. The zero-order valence-corrected chi connectivity index (χ0v) is 17.0. The highest BCUT2D eigenvalue weighted by Crippen LogP contribution is 2.40. The van der Waals surface area contributed by atoms with Gasteiger partial charge in [0.2, 0.25) is 5.91 Å². The van der Waals surface area contributed by atoms with Crippen LogP contribution >= 0.6 is 12.4 Å². The van der Waals surface area contributed by atoms with Crippen molar-refractivity contribution in [3.05, 3.63) is 53.3 Å². The minimum Gasteiger partial charge on any atom is -0.344 e. The van der Waals surface area contributed by atoms with Gasteiger partial charge in [0, 0.05) is 19.8 Å². The Morgan fingerprint density at radius 2 is 1.86 bits per heavy atom. The Balaban J connectivity index is 0.00000240. The zero-order chi connectivity index (χ0) is 20.1. The van der Waals surface area contributed by atoms with Gasteiger partial charge in [0.15, 0.2) is 0 Å². The number of hydrogen-bond donors (Lipinski definition) is 1. The molecule has 1 amide bonds. The van der Waals surface area contributed by atoms with E-state index in [1.165, 1.54) is 12.1 Å². The first-order valence-corrected chi connectivity index (χ1v) is 9.38. The van der Waals surface area contributed by atoms with Crippen LogP contribution in [0.2, 0.25) is 0 Å². The Kier molecular flexibility index (Phi) is 5.66. The van der Waals surface area contributed by atoms with Gasteiger partial charge in [0.05, 0.1) is 17.3 Å². The molecule has 8 heteroatoms. The number of halogens is 4. The summed E-state index contributed by atoms with van der Waals surface area (Å²) in [7, 11) is 1.82. The predicted molar refractivity (Wildman–Crippen MR) is 107 cm³/mol. The van der Waals surface area contributed by atoms with Crippen molar-refractivity contribution in [2.24, 2.45) is 0 Å². The number of carbonyl (C=O) groups is 1. The largest absolute Gasteiger partial charge is 0.416 e. The molecule has 0 saturated carbocycles. The molecule has 4 rings (SSSR count). The zero-order valence-electron chi connectivity index (χ0n) is 16.2. The summed E-state index contributed by atoms with van der Waals surface area (Å²) >= 11 is 0. The molecular formula is C21H23ClF3N3O. The molecule has 4 nitrogen and oxygen atoms in total. The molecule has 29 heavy (non-hydrogen) atoms. The van der Waals surface area contributed by atoms with Gasteiger partial charge in [0.1, 0.15) is 5.54 Å². The summed E-state index contributed by atoms with van der Waals surface area (Å²) < 4.78 is 38.5. The fourth-order valence-electron chi connectivity index (χ4n) is 4.43. The average Bonchev–Trinajstić information content (AvgIpc) is 3.21. The molecule has 1 spiro atoms. The molecule has 0 bridgehead atoms. The number of pyridine rings is 1. The normalized spacial score (nSPS) is 24.2. The van der Waals surface area contributed by atoms with Gasteiger partial charge in [-0.3, -0.25) is 15.1 Å². The van der Waals surface area contributed by atoms with Crippen LogP contribution in [-0.2, 0) is 11.0 Å². The molecule has 0 unspecified atom stereocenters. The number of aromatic nitrogens is 1. The molecule has 2 saturated heterocycles. The maximum absolute atomic E-state index is 12.8. The fraction of sp³-hybridized carbons (Fsp3) is 0.429. The SMILES string of the molecule is Cc1c(-c2ccc(C(F)(F)F)cc2)ccnc1[C@H]1CC[C@@]2(CCN(C)C2=O)N1.Cl. The molecule has 3 heterocycles. The number of likely N-dealkylation sites (tertiary alicyclic amines) is 1. The van der Waals surface area contributed by atoms with E-state index in [9.17, 15) is 18.0 Å². The van der Waals surface area contributed by atoms with Crippen molar-refractivity contribution in [1.29, 1.82) is 0 Å². The van der Waals surface area contributed by atoms with E-state index in [4.69, 9.17) is 0 Å². The van der Waals surface area contributed by atoms with Crippen LogP contribution in [-0.4, -0.2) is 34.9 Å². The van der Waals surface area contributed by atoms with Crippen LogP contribution in [0.15, 0.2) is 36.5 Å². The molecule has 1 N–H and O–H groups in total. The van der Waals surface area contributed by atoms with Gasteiger partial charge < -0.3 is 4.90 Å². The summed E-state index contributed by atoms with van der Waals surface area (Å²) in [6.07, 6.45) is -0.294. The van der Waals surface area contributed by atoms with E-state index >= 15 is 0 Å². The molecule has 1 aromatic carbocycles. The van der Waals surface area contributed by atoms with Gasteiger partial charge in [-0.15, -0.1) is 12.4 Å². The molecule has 0 radical (unpaired) electrons. The van der Waals surface area contributed by atoms with Crippen molar-refractivity contribution >= 4 is 18.3 Å². The van der Waals surface area contributed by atoms with Crippen LogP contribution in [0.3, 0.4) is 0 Å². The number of rotatable bonds is 2. The third-order valence-corrected chi connectivity index (χ3v) is 6.04. The second-order valence-corrected chi connectivity index (χ2v) is 7.74. The number of hydrogen-bond acceptors (Lipinski definition) is 3. The molecule has 2 fully saturated rings. The molecule has 1 aromatic heterocycles. The lowest BCUT2D eigenvalue weighted by Crippen LogP contribution is -2.47. The average molecular weight is 426 g/mol. The van der Waals surface area contributed by atoms with Crippen molar-refractivity contribution in [2.45, 2.75) is 43.9 Å². The third-order valence-electron chi connectivity index (χ3n) is 6.04. The first kappa shape index (κ1) is 21.6. The number of carbonyl (C=O) groups excluding carboxylic acids is 1. The van der Waals surface area contributed by atoms with E-state index in [-0.39, 0.29) is 24.4 Å². The minimum absolute atomic E-state index is 0. The predicted octanol–water partition coefficient (Wildman–Crippen LogP) is 4.52. The van der Waals surface area contributed by atoms with E-state index in [0.29, 0.717) is 0 Å². The smallest absolute Gasteiger partial charge is 0.344 e. The van der Waals surface area contributed by atoms with E-state index < -0.39 is 17.3 Å². The number of likely N-dealkylation sites (N-methyl/N-ethyl adjacent to an activating group) is 1. The summed E-state index contributed by atoms with van der Waals surface area (Å²) in [6.45, 7) is 2.68. The lowest BCUT2D eigenvalue weighted by Gasteiger charge is -2.24. The second-order valence-electron chi connectivity index (χ2n) is 7.74. The van der Waals surface area contributed by atoms with Crippen molar-refractivity contribution in [3.8, 4) is 11.1 Å². The first-order chi connectivity index (χ1) is 13.2. The van der Waals surface area contributed by atoms with Crippen LogP contribution in [0.5, 0.6) is 0 Å². The van der Waals surface area contributed by atoms with E-state index in [0.717, 1.165) is 60.3 Å². The van der Waals surface area contributed by atoms with Crippen LogP contribution < -0.4 is 5.32 Å². The lowest BCUT2D eigenvalue weighted by molar-refractivity contribution is -0.137. The van der Waals surface area contributed by atoms with Crippen LogP contribution in [0.1, 0.15) is 42.1 Å². The quantitative estimate of drug-likeness (QED) is 0.769. The van der Waals surface area contributed by atoms with Gasteiger partial charge in [0.25, 0.3) is 0 Å². The van der Waals surface area contributed by atoms with E-state index in [2.05, 4.69) is 10.3 Å². The summed E-state index contributed by atoms with van der Waals surface area (Å²) in [4.78, 5) is 18.8. The van der Waals surface area contributed by atoms with Gasteiger partial charge >= 0.3 is 6.18 Å². The standard InChI is InChI=1S/C21H22F3N3O.ClH/c1-13-16(14-3-5-15(6-4-14)21(22,23)24)8-11-25-18(13)17-7-9-20(26-17)10-12-27(2)19(20)28;/h3-6,8,11,17,26H,7,9-10,12H2,1-2H3;1H/t17-,20+;/m1./s1. The van der Waals surface area contributed by atoms with E-state index in [1.807, 2.05) is 20.0 Å². The van der Waals surface area contributed by atoms with Crippen molar-refractivity contribution in [2.75, 3.05) is 13.6 Å². The highest BCUT2D eigenvalue weighted by atomic mass is 35.5. The topological polar surface area (TPSA) is 45.2 Å². The molecule has 0 aliphatic carbocycles. The van der Waals surface area contributed by atoms with Gasteiger partial charge in [-0.05, 0) is 61.1 Å². The van der Waals surface area contributed by atoms with E-state index in [1.54, 1.807) is 11.1 Å². The van der Waals surface area contributed by atoms with Gasteiger partial charge in [-0.1, -0.05) is 12.1 Å². The van der Waals surface area contributed by atoms with Crippen molar-refractivity contribution in [1.82, 2.24) is 15.2 Å². The molecule has 2 aliphatic heterocycles. The molecular weight excluding hydrogens is 403 g/mol. The Morgan fingerprint density at radius 1 is 1.17 bits per heavy atom. The first-order valence-electron chi connectivity index (χ1n) is 9.38. The number of amides is 1. The highest BCUT2D eigenvalue weighted by Gasteiger charge is 2.50. The fourth-order valence-corrected chi connectivity index (χ4v) is 4.43. The maximum atomic E-state index is 12.8. The monoisotopic (exact) mass is 425 g/mol. The Labute approximate surface area is 173 Å². The summed E-state index contributed by atoms with van der Waals surface area (Å²) in [5.74, 6) is 0.131. The number of nitrogens with zero attached hydrogens (tertiary/aromatic N) is 2. The molecule has 2 aliphatic rings. The molecule has 2 atom stereocenters. The number of benzene rings is 1. The van der Waals surface area contributed by atoms with Crippen LogP contribution in [0, 0.1) is 6.92 Å². The highest BCUT2D eigenvalue weighted by molar-refractivity contribution is 5.88. The van der Waals surface area contributed by atoms with Crippen LogP contribution in [0.4, 0.5) is 13.2 Å². The molecule has 156 valence electrons. The third kappa shape index (κ3) is 3.73. The van der Waals surface area contributed by atoms with Crippen molar-refractivity contribution in [3.63, 3.8) is 0 Å². The Hall–Kier alpha value is -2.12. The molecule has 2 aromatic rings. The van der Waals surface area contributed by atoms with Crippen LogP contribution in [0.25, 0.3) is 11.1 Å². The second kappa shape index (κ2) is 7.61.